The molecule has 2 atom stereocenters. The normalized spacial score (nSPS) is 20.6. The molecule has 3 N–H and O–H groups in total. The largest absolute Gasteiger partial charge is 0.497 e. The van der Waals surface area contributed by atoms with Crippen molar-refractivity contribution in [2.45, 2.75) is 12.5 Å². The van der Waals surface area contributed by atoms with Crippen LogP contribution in [0, 0.1) is 5.92 Å². The van der Waals surface area contributed by atoms with Crippen molar-refractivity contribution >= 4 is 0 Å². The Kier molecular flexibility index (Phi) is 5.64. The number of benzene rings is 2. The Hall–Kier alpha value is -1.88. The zero-order chi connectivity index (χ0) is 15.9. The zero-order valence-electron chi connectivity index (χ0n) is 13.6. The lowest BCUT2D eigenvalue weighted by Crippen LogP contribution is -2.29. The number of hydrogen-bond donors (Lipinski definition) is 3. The zero-order valence-corrected chi connectivity index (χ0v) is 13.6. The van der Waals surface area contributed by atoms with Gasteiger partial charge < -0.3 is 10.1 Å². The molecule has 23 heavy (non-hydrogen) atoms. The molecule has 0 saturated carbocycles. The lowest BCUT2D eigenvalue weighted by Gasteiger charge is -2.19. The number of hydrogen-bond acceptors (Lipinski definition) is 4. The highest BCUT2D eigenvalue weighted by atomic mass is 16.5. The highest BCUT2D eigenvalue weighted by molar-refractivity contribution is 5.30. The first-order valence-electron chi connectivity index (χ1n) is 8.24. The molecule has 2 aromatic rings. The second-order valence-electron chi connectivity index (χ2n) is 5.98. The summed E-state index contributed by atoms with van der Waals surface area (Å²) in [6, 6.07) is 19.3. The first-order valence-corrected chi connectivity index (χ1v) is 8.24. The molecule has 1 fully saturated rings. The first-order chi connectivity index (χ1) is 11.4. The maximum absolute atomic E-state index is 5.23. The number of rotatable bonds is 7. The third-order valence-electron chi connectivity index (χ3n) is 4.41. The summed E-state index contributed by atoms with van der Waals surface area (Å²) in [7, 11) is 1.70. The van der Waals surface area contributed by atoms with E-state index >= 15 is 0 Å². The van der Waals surface area contributed by atoms with Crippen LogP contribution in [0.15, 0.2) is 54.6 Å². The van der Waals surface area contributed by atoms with Crippen molar-refractivity contribution in [3.63, 3.8) is 0 Å². The maximum Gasteiger partial charge on any atom is 0.118 e. The summed E-state index contributed by atoms with van der Waals surface area (Å²) in [6.07, 6.45) is 1.07. The van der Waals surface area contributed by atoms with Crippen LogP contribution in [0.1, 0.15) is 17.2 Å². The van der Waals surface area contributed by atoms with Crippen molar-refractivity contribution in [2.24, 2.45) is 5.92 Å². The molecule has 1 heterocycles. The van der Waals surface area contributed by atoms with Crippen LogP contribution in [0.4, 0.5) is 0 Å². The van der Waals surface area contributed by atoms with Gasteiger partial charge >= 0.3 is 0 Å². The molecular weight excluding hydrogens is 286 g/mol. The quantitative estimate of drug-likeness (QED) is 0.687. The van der Waals surface area contributed by atoms with Crippen molar-refractivity contribution in [3.8, 4) is 5.75 Å². The van der Waals surface area contributed by atoms with Crippen LogP contribution in [0.5, 0.6) is 5.75 Å². The van der Waals surface area contributed by atoms with Crippen LogP contribution >= 0.6 is 0 Å². The Labute approximate surface area is 138 Å². The number of hydrazine groups is 1. The van der Waals surface area contributed by atoms with Crippen LogP contribution in [0.25, 0.3) is 0 Å². The summed E-state index contributed by atoms with van der Waals surface area (Å²) >= 11 is 0. The van der Waals surface area contributed by atoms with E-state index in [4.69, 9.17) is 4.74 Å². The average molecular weight is 311 g/mol. The molecule has 1 aliphatic heterocycles. The monoisotopic (exact) mass is 311 g/mol. The predicted molar refractivity (Wildman–Crippen MR) is 93.4 cm³/mol. The Bertz CT molecular complexity index is 585. The van der Waals surface area contributed by atoms with Gasteiger partial charge in [0.25, 0.3) is 0 Å². The summed E-state index contributed by atoms with van der Waals surface area (Å²) in [5, 5.41) is 3.59. The Morgan fingerprint density at radius 1 is 1.09 bits per heavy atom. The molecule has 0 spiro atoms. The van der Waals surface area contributed by atoms with Gasteiger partial charge in [-0.25, -0.2) is 5.43 Å². The predicted octanol–water partition coefficient (Wildman–Crippen LogP) is 2.29. The minimum atomic E-state index is 0.338. The van der Waals surface area contributed by atoms with Crippen molar-refractivity contribution in [3.05, 3.63) is 65.7 Å². The molecule has 2 aromatic carbocycles. The molecule has 0 aromatic heterocycles. The van der Waals surface area contributed by atoms with Crippen LogP contribution in [0.3, 0.4) is 0 Å². The standard InChI is InChI=1S/C19H25N3O/c1-23-18-9-7-16(8-10-18)19-17(14-21-22-19)13-20-12-11-15-5-3-2-4-6-15/h2-10,17,19-22H,11-14H2,1H3. The second-order valence-corrected chi connectivity index (χ2v) is 5.98. The van der Waals surface area contributed by atoms with Gasteiger partial charge in [0, 0.05) is 19.0 Å². The van der Waals surface area contributed by atoms with E-state index in [1.54, 1.807) is 7.11 Å². The SMILES string of the molecule is COc1ccc(C2NNCC2CNCCc2ccccc2)cc1. The van der Waals surface area contributed by atoms with Crippen molar-refractivity contribution in [2.75, 3.05) is 26.7 Å². The molecule has 2 unspecified atom stereocenters. The molecule has 4 nitrogen and oxygen atoms in total. The van der Waals surface area contributed by atoms with E-state index in [1.807, 2.05) is 12.1 Å². The topological polar surface area (TPSA) is 45.3 Å². The first kappa shape index (κ1) is 16.0. The van der Waals surface area contributed by atoms with Gasteiger partial charge in [-0.2, -0.15) is 0 Å². The van der Waals surface area contributed by atoms with Crippen LogP contribution in [-0.2, 0) is 6.42 Å². The van der Waals surface area contributed by atoms with Crippen LogP contribution < -0.4 is 20.9 Å². The molecule has 0 amide bonds. The lowest BCUT2D eigenvalue weighted by atomic mass is 9.95. The fourth-order valence-electron chi connectivity index (χ4n) is 3.06. The van der Waals surface area contributed by atoms with E-state index in [-0.39, 0.29) is 0 Å². The smallest absolute Gasteiger partial charge is 0.118 e. The Morgan fingerprint density at radius 3 is 2.61 bits per heavy atom. The molecular formula is C19H25N3O. The van der Waals surface area contributed by atoms with Gasteiger partial charge in [0.15, 0.2) is 0 Å². The van der Waals surface area contributed by atoms with E-state index in [2.05, 4.69) is 58.6 Å². The summed E-state index contributed by atoms with van der Waals surface area (Å²) in [5.74, 6) is 1.44. The number of methoxy groups -OCH3 is 1. The molecule has 4 heteroatoms. The maximum atomic E-state index is 5.23. The van der Waals surface area contributed by atoms with Gasteiger partial charge in [0.2, 0.25) is 0 Å². The summed E-state index contributed by atoms with van der Waals surface area (Å²) in [5.41, 5.74) is 9.36. The average Bonchev–Trinajstić information content (AvgIpc) is 3.08. The molecule has 0 bridgehead atoms. The highest BCUT2D eigenvalue weighted by Crippen LogP contribution is 2.25. The second kappa shape index (κ2) is 8.11. The van der Waals surface area contributed by atoms with Crippen LogP contribution in [-0.4, -0.2) is 26.7 Å². The van der Waals surface area contributed by atoms with Gasteiger partial charge in [0.1, 0.15) is 5.75 Å². The van der Waals surface area contributed by atoms with E-state index in [0.717, 1.165) is 31.8 Å². The number of ether oxygens (including phenoxy) is 1. The molecule has 3 rings (SSSR count). The van der Waals surface area contributed by atoms with Gasteiger partial charge in [-0.1, -0.05) is 42.5 Å². The summed E-state index contributed by atoms with van der Waals surface area (Å²) in [6.45, 7) is 2.99. The Balaban J connectivity index is 1.48. The molecule has 1 saturated heterocycles. The van der Waals surface area contributed by atoms with Crippen molar-refractivity contribution < 1.29 is 4.74 Å². The van der Waals surface area contributed by atoms with Gasteiger partial charge in [-0.3, -0.25) is 5.43 Å². The summed E-state index contributed by atoms with van der Waals surface area (Å²) in [4.78, 5) is 0. The summed E-state index contributed by atoms with van der Waals surface area (Å²) < 4.78 is 5.23. The molecule has 0 aliphatic carbocycles. The van der Waals surface area contributed by atoms with Crippen molar-refractivity contribution in [1.82, 2.24) is 16.2 Å². The van der Waals surface area contributed by atoms with E-state index in [1.165, 1.54) is 11.1 Å². The van der Waals surface area contributed by atoms with E-state index in [0.29, 0.717) is 12.0 Å². The fraction of sp³-hybridized carbons (Fsp3) is 0.368. The fourth-order valence-corrected chi connectivity index (χ4v) is 3.06. The van der Waals surface area contributed by atoms with Gasteiger partial charge in [-0.05, 0) is 36.2 Å². The minimum absolute atomic E-state index is 0.338. The molecule has 0 radical (unpaired) electrons. The third kappa shape index (κ3) is 4.32. The van der Waals surface area contributed by atoms with E-state index < -0.39 is 0 Å². The number of nitrogens with one attached hydrogen (secondary N) is 3. The minimum Gasteiger partial charge on any atom is -0.497 e. The van der Waals surface area contributed by atoms with Crippen molar-refractivity contribution in [1.29, 1.82) is 0 Å². The van der Waals surface area contributed by atoms with Gasteiger partial charge in [-0.15, -0.1) is 0 Å². The molecule has 122 valence electrons. The van der Waals surface area contributed by atoms with Gasteiger partial charge in [0.05, 0.1) is 13.2 Å². The lowest BCUT2D eigenvalue weighted by molar-refractivity contribution is 0.413. The highest BCUT2D eigenvalue weighted by Gasteiger charge is 2.27. The Morgan fingerprint density at radius 2 is 1.87 bits per heavy atom. The third-order valence-corrected chi connectivity index (χ3v) is 4.41. The molecule has 1 aliphatic rings. The van der Waals surface area contributed by atoms with Crippen LogP contribution in [0.2, 0.25) is 0 Å². The van der Waals surface area contributed by atoms with E-state index in [9.17, 15) is 0 Å².